The second-order valence-electron chi connectivity index (χ2n) is 7.20. The van der Waals surface area contributed by atoms with Gasteiger partial charge in [-0.15, -0.1) is 0 Å². The van der Waals surface area contributed by atoms with Crippen LogP contribution in [0.4, 0.5) is 18.9 Å². The third-order valence-corrected chi connectivity index (χ3v) is 6.92. The first kappa shape index (κ1) is 24.2. The predicted molar refractivity (Wildman–Crippen MR) is 107 cm³/mol. The number of hydrogen-bond donors (Lipinski definition) is 1. The molecule has 1 saturated heterocycles. The van der Waals surface area contributed by atoms with E-state index in [0.29, 0.717) is 25.5 Å². The summed E-state index contributed by atoms with van der Waals surface area (Å²) in [4.78, 5) is 12.4. The number of hydrogen-bond acceptors (Lipinski definition) is 6. The average Bonchev–Trinajstić information content (AvgIpc) is 3.35. The lowest BCUT2D eigenvalue weighted by atomic mass is 10.2. The normalized spacial score (nSPS) is 17.6. The lowest BCUT2D eigenvalue weighted by molar-refractivity contribution is -0.141. The van der Waals surface area contributed by atoms with E-state index in [4.69, 9.17) is 9.47 Å². The highest BCUT2D eigenvalue weighted by atomic mass is 32.2. The maximum atomic E-state index is 13.0. The van der Waals surface area contributed by atoms with Crippen LogP contribution in [0.15, 0.2) is 35.2 Å². The van der Waals surface area contributed by atoms with E-state index in [9.17, 15) is 26.4 Å². The van der Waals surface area contributed by atoms with E-state index in [2.05, 4.69) is 10.4 Å². The van der Waals surface area contributed by atoms with Crippen molar-refractivity contribution < 1.29 is 35.9 Å². The van der Waals surface area contributed by atoms with Crippen molar-refractivity contribution >= 4 is 21.6 Å². The van der Waals surface area contributed by atoms with Gasteiger partial charge in [-0.1, -0.05) is 0 Å². The van der Waals surface area contributed by atoms with Crippen molar-refractivity contribution in [2.45, 2.75) is 30.0 Å². The molecule has 1 atom stereocenters. The summed E-state index contributed by atoms with van der Waals surface area (Å²) in [6.07, 6.45) is -3.30. The molecule has 32 heavy (non-hydrogen) atoms. The van der Waals surface area contributed by atoms with Gasteiger partial charge in [-0.25, -0.2) is 8.42 Å². The Morgan fingerprint density at radius 3 is 2.56 bits per heavy atom. The lowest BCUT2D eigenvalue weighted by Gasteiger charge is -2.24. The monoisotopic (exact) mass is 476 g/mol. The molecule has 1 unspecified atom stereocenters. The van der Waals surface area contributed by atoms with E-state index >= 15 is 0 Å². The van der Waals surface area contributed by atoms with Gasteiger partial charge in [0.25, 0.3) is 5.91 Å². The molecule has 9 nitrogen and oxygen atoms in total. The minimum Gasteiger partial charge on any atom is -0.359 e. The third-order valence-electron chi connectivity index (χ3n) is 4.96. The maximum absolute atomic E-state index is 13.0. The van der Waals surface area contributed by atoms with Crippen LogP contribution in [0.5, 0.6) is 0 Å². The zero-order chi connectivity index (χ0) is 23.5. The highest BCUT2D eigenvalue weighted by molar-refractivity contribution is 7.89. The van der Waals surface area contributed by atoms with Crippen LogP contribution in [0, 0.1) is 0 Å². The first-order valence-corrected chi connectivity index (χ1v) is 11.1. The fraction of sp³-hybridized carbons (Fsp3) is 0.474. The number of ether oxygens (including phenoxy) is 2. The minimum atomic E-state index is -4.67. The van der Waals surface area contributed by atoms with Gasteiger partial charge >= 0.3 is 6.18 Å². The van der Waals surface area contributed by atoms with Gasteiger partial charge in [-0.05, 0) is 37.1 Å². The molecule has 1 aromatic carbocycles. The molecule has 0 saturated carbocycles. The third kappa shape index (κ3) is 5.28. The molecule has 0 radical (unpaired) electrons. The number of rotatable bonds is 8. The smallest absolute Gasteiger partial charge is 0.359 e. The van der Waals surface area contributed by atoms with Crippen LogP contribution >= 0.6 is 0 Å². The number of benzene rings is 1. The van der Waals surface area contributed by atoms with Gasteiger partial charge in [0.15, 0.2) is 5.69 Å². The van der Waals surface area contributed by atoms with Gasteiger partial charge in [0.1, 0.15) is 12.5 Å². The maximum Gasteiger partial charge on any atom is 0.435 e. The minimum absolute atomic E-state index is 0.0361. The van der Waals surface area contributed by atoms with Crippen LogP contribution in [0.25, 0.3) is 0 Å². The summed E-state index contributed by atoms with van der Waals surface area (Å²) in [7, 11) is -1.08. The van der Waals surface area contributed by atoms with Crippen LogP contribution in [-0.2, 0) is 32.7 Å². The number of nitrogens with zero attached hydrogens (tertiary/aromatic N) is 3. The van der Waals surface area contributed by atoms with Gasteiger partial charge in [-0.3, -0.25) is 9.48 Å². The topological polar surface area (TPSA) is 103 Å². The Morgan fingerprint density at radius 2 is 1.97 bits per heavy atom. The van der Waals surface area contributed by atoms with Gasteiger partial charge < -0.3 is 14.8 Å². The zero-order valence-corrected chi connectivity index (χ0v) is 18.2. The summed E-state index contributed by atoms with van der Waals surface area (Å²) in [5, 5.41) is 5.74. The Bertz CT molecular complexity index is 1050. The molecule has 13 heteroatoms. The van der Waals surface area contributed by atoms with Crippen molar-refractivity contribution in [3.63, 3.8) is 0 Å². The zero-order valence-electron chi connectivity index (χ0n) is 17.4. The molecule has 2 heterocycles. The first-order chi connectivity index (χ1) is 15.0. The highest BCUT2D eigenvalue weighted by Crippen LogP contribution is 2.29. The first-order valence-electron chi connectivity index (χ1n) is 9.65. The molecule has 176 valence electrons. The van der Waals surface area contributed by atoms with Crippen molar-refractivity contribution in [3.05, 3.63) is 41.7 Å². The van der Waals surface area contributed by atoms with Crippen LogP contribution in [0.2, 0.25) is 0 Å². The number of halogens is 3. The van der Waals surface area contributed by atoms with Crippen molar-refractivity contribution in [3.8, 4) is 0 Å². The Morgan fingerprint density at radius 1 is 1.28 bits per heavy atom. The summed E-state index contributed by atoms with van der Waals surface area (Å²) in [6.45, 7) is 0.648. The number of anilines is 1. The number of aromatic nitrogens is 2. The Kier molecular flexibility index (Phi) is 7.22. The average molecular weight is 476 g/mol. The summed E-state index contributed by atoms with van der Waals surface area (Å²) >= 11 is 0. The van der Waals surface area contributed by atoms with Crippen LogP contribution in [0.1, 0.15) is 29.0 Å². The number of aryl methyl sites for hydroxylation is 1. The molecule has 1 N–H and O–H groups in total. The number of methoxy groups -OCH3 is 1. The Labute approximate surface area is 183 Å². The summed E-state index contributed by atoms with van der Waals surface area (Å²) in [6, 6.07) is 5.76. The number of alkyl halides is 3. The van der Waals surface area contributed by atoms with Gasteiger partial charge in [0, 0.05) is 38.5 Å². The standard InChI is InChI=1S/C19H23F3N4O5S/c1-25-16(10-17(24-25)19(20,21)22)18(27)23-13-5-7-15(8-6-13)32(28,29)26-9-3-4-14(26)11-31-12-30-2/h5-8,10,14H,3-4,9,11-12H2,1-2H3,(H,23,27). The van der Waals surface area contributed by atoms with E-state index < -0.39 is 27.8 Å². The van der Waals surface area contributed by atoms with E-state index in [1.54, 1.807) is 0 Å². The number of sulfonamides is 1. The fourth-order valence-electron chi connectivity index (χ4n) is 3.42. The van der Waals surface area contributed by atoms with Crippen molar-refractivity contribution in [1.29, 1.82) is 0 Å². The summed E-state index contributed by atoms with van der Waals surface area (Å²) in [5.74, 6) is -0.805. The Hall–Kier alpha value is -2.48. The summed E-state index contributed by atoms with van der Waals surface area (Å²) in [5.41, 5.74) is -1.24. The van der Waals surface area contributed by atoms with E-state index in [0.717, 1.165) is 4.68 Å². The van der Waals surface area contributed by atoms with E-state index in [-0.39, 0.29) is 35.7 Å². The quantitative estimate of drug-likeness (QED) is 0.464. The number of nitrogens with one attached hydrogen (secondary N) is 1. The molecule has 2 aromatic rings. The van der Waals surface area contributed by atoms with Crippen molar-refractivity contribution in [2.24, 2.45) is 7.05 Å². The van der Waals surface area contributed by atoms with Gasteiger partial charge in [0.05, 0.1) is 11.5 Å². The molecular weight excluding hydrogens is 453 g/mol. The molecule has 1 fully saturated rings. The molecule has 3 rings (SSSR count). The van der Waals surface area contributed by atoms with Crippen molar-refractivity contribution in [1.82, 2.24) is 14.1 Å². The van der Waals surface area contributed by atoms with Gasteiger partial charge in [-0.2, -0.15) is 22.6 Å². The molecule has 0 aliphatic carbocycles. The highest BCUT2D eigenvalue weighted by Gasteiger charge is 2.36. The lowest BCUT2D eigenvalue weighted by Crippen LogP contribution is -2.38. The number of amides is 1. The molecule has 1 amide bonds. The molecule has 0 bridgehead atoms. The Balaban J connectivity index is 1.71. The largest absolute Gasteiger partial charge is 0.435 e. The predicted octanol–water partition coefficient (Wildman–Crippen LogP) is 2.46. The molecule has 0 spiro atoms. The van der Waals surface area contributed by atoms with Crippen molar-refractivity contribution in [2.75, 3.05) is 32.4 Å². The van der Waals surface area contributed by atoms with E-state index in [1.807, 2.05) is 0 Å². The SMILES string of the molecule is COCOCC1CCCN1S(=O)(=O)c1ccc(NC(=O)c2cc(C(F)(F)F)nn2C)cc1. The van der Waals surface area contributed by atoms with E-state index in [1.165, 1.54) is 42.7 Å². The van der Waals surface area contributed by atoms with Crippen LogP contribution in [0.3, 0.4) is 0 Å². The van der Waals surface area contributed by atoms with Crippen LogP contribution in [-0.4, -0.2) is 61.5 Å². The molecule has 1 aromatic heterocycles. The number of carbonyl (C=O) groups is 1. The van der Waals surface area contributed by atoms with Crippen LogP contribution < -0.4 is 5.32 Å². The molecule has 1 aliphatic heterocycles. The fourth-order valence-corrected chi connectivity index (χ4v) is 5.10. The van der Waals surface area contributed by atoms with Gasteiger partial charge in [0.2, 0.25) is 10.0 Å². The second-order valence-corrected chi connectivity index (χ2v) is 9.09. The molecule has 1 aliphatic rings. The second kappa shape index (κ2) is 9.57. The molecular formula is C19H23F3N4O5S. The number of carbonyl (C=O) groups excluding carboxylic acids is 1. The summed E-state index contributed by atoms with van der Waals surface area (Å²) < 4.78 is 76.7.